The molecule has 1 heterocycles. The Balaban J connectivity index is 2.12. The predicted octanol–water partition coefficient (Wildman–Crippen LogP) is 3.44. The third-order valence-electron chi connectivity index (χ3n) is 4.08. The summed E-state index contributed by atoms with van der Waals surface area (Å²) in [4.78, 5) is 15.3. The molecule has 0 radical (unpaired) electrons. The van der Waals surface area contributed by atoms with E-state index in [2.05, 4.69) is 10.3 Å². The predicted molar refractivity (Wildman–Crippen MR) is 80.2 cm³/mol. The van der Waals surface area contributed by atoms with Crippen LogP contribution in [0, 0.1) is 16.7 Å². The third kappa shape index (κ3) is 3.85. The number of nitriles is 1. The van der Waals surface area contributed by atoms with Crippen molar-refractivity contribution in [2.45, 2.75) is 38.5 Å². The number of aromatic nitrogens is 1. The Labute approximate surface area is 128 Å². The number of carboxylic acid groups (broad SMARTS) is 1. The molecule has 21 heavy (non-hydrogen) atoms. The summed E-state index contributed by atoms with van der Waals surface area (Å²) in [7, 11) is 0. The van der Waals surface area contributed by atoms with Gasteiger partial charge in [-0.2, -0.15) is 5.26 Å². The molecule has 0 bridgehead atoms. The van der Waals surface area contributed by atoms with Crippen molar-refractivity contribution in [1.82, 2.24) is 4.98 Å². The van der Waals surface area contributed by atoms with Crippen LogP contribution in [0.1, 0.15) is 44.1 Å². The van der Waals surface area contributed by atoms with E-state index in [4.69, 9.17) is 22.0 Å². The Kier molecular flexibility index (Phi) is 5.03. The lowest BCUT2D eigenvalue weighted by molar-refractivity contribution is -0.140. The molecule has 1 fully saturated rings. The molecule has 2 N–H and O–H groups in total. The smallest absolute Gasteiger partial charge is 0.303 e. The second-order valence-electron chi connectivity index (χ2n) is 5.62. The summed E-state index contributed by atoms with van der Waals surface area (Å²) in [5.74, 6) is -0.324. The lowest BCUT2D eigenvalue weighted by Gasteiger charge is -2.36. The minimum Gasteiger partial charge on any atom is -0.481 e. The van der Waals surface area contributed by atoms with Crippen LogP contribution in [0.25, 0.3) is 0 Å². The molecule has 0 aromatic carbocycles. The molecule has 1 aliphatic carbocycles. The van der Waals surface area contributed by atoms with Crippen molar-refractivity contribution in [3.8, 4) is 6.07 Å². The summed E-state index contributed by atoms with van der Waals surface area (Å²) < 4.78 is 0. The van der Waals surface area contributed by atoms with E-state index in [0.717, 1.165) is 32.1 Å². The largest absolute Gasteiger partial charge is 0.481 e. The van der Waals surface area contributed by atoms with Gasteiger partial charge in [0.2, 0.25) is 0 Å². The van der Waals surface area contributed by atoms with E-state index in [1.165, 1.54) is 6.20 Å². The Morgan fingerprint density at radius 2 is 2.19 bits per heavy atom. The molecule has 1 aromatic heterocycles. The van der Waals surface area contributed by atoms with Gasteiger partial charge in [0.1, 0.15) is 16.9 Å². The molecule has 1 saturated carbocycles. The van der Waals surface area contributed by atoms with Crippen LogP contribution in [0.2, 0.25) is 5.02 Å². The van der Waals surface area contributed by atoms with E-state index in [0.29, 0.717) is 22.9 Å². The summed E-state index contributed by atoms with van der Waals surface area (Å²) in [6.07, 6.45) is 6.71. The second kappa shape index (κ2) is 6.77. The zero-order valence-electron chi connectivity index (χ0n) is 11.7. The van der Waals surface area contributed by atoms with Gasteiger partial charge in [-0.3, -0.25) is 4.79 Å². The average molecular weight is 308 g/mol. The molecule has 0 unspecified atom stereocenters. The van der Waals surface area contributed by atoms with Gasteiger partial charge in [-0.05, 0) is 24.3 Å². The first kappa shape index (κ1) is 15.6. The summed E-state index contributed by atoms with van der Waals surface area (Å²) in [6.45, 7) is 0.515. The number of nitrogens with one attached hydrogen (secondary N) is 1. The number of carboxylic acids is 1. The third-order valence-corrected chi connectivity index (χ3v) is 4.46. The SMILES string of the molecule is N#Cc1ccnc(NCC2(CC(=O)O)CCCCC2)c1Cl. The lowest BCUT2D eigenvalue weighted by atomic mass is 9.71. The first-order chi connectivity index (χ1) is 10.1. The molecule has 1 aliphatic rings. The van der Waals surface area contributed by atoms with Gasteiger partial charge >= 0.3 is 5.97 Å². The van der Waals surface area contributed by atoms with Gasteiger partial charge < -0.3 is 10.4 Å². The number of pyridine rings is 1. The van der Waals surface area contributed by atoms with Crippen molar-refractivity contribution in [2.75, 3.05) is 11.9 Å². The normalized spacial score (nSPS) is 17.0. The summed E-state index contributed by atoms with van der Waals surface area (Å²) in [5, 5.41) is 21.6. The number of carbonyl (C=O) groups is 1. The quantitative estimate of drug-likeness (QED) is 0.870. The van der Waals surface area contributed by atoms with Crippen molar-refractivity contribution in [2.24, 2.45) is 5.41 Å². The molecule has 0 atom stereocenters. The minimum absolute atomic E-state index is 0.148. The topological polar surface area (TPSA) is 86.0 Å². The highest BCUT2D eigenvalue weighted by molar-refractivity contribution is 6.34. The maximum absolute atomic E-state index is 11.1. The van der Waals surface area contributed by atoms with Gasteiger partial charge in [0, 0.05) is 12.7 Å². The van der Waals surface area contributed by atoms with Crippen molar-refractivity contribution < 1.29 is 9.90 Å². The maximum atomic E-state index is 11.1. The number of nitrogens with zero attached hydrogens (tertiary/aromatic N) is 2. The van der Waals surface area contributed by atoms with Gasteiger partial charge in [0.15, 0.2) is 0 Å². The van der Waals surface area contributed by atoms with E-state index in [1.807, 2.05) is 6.07 Å². The zero-order chi connectivity index (χ0) is 15.3. The number of hydrogen-bond donors (Lipinski definition) is 2. The van der Waals surface area contributed by atoms with Gasteiger partial charge in [0.25, 0.3) is 0 Å². The van der Waals surface area contributed by atoms with Crippen LogP contribution in [0.5, 0.6) is 0 Å². The number of hydrogen-bond acceptors (Lipinski definition) is 4. The Bertz CT molecular complexity index is 563. The highest BCUT2D eigenvalue weighted by Gasteiger charge is 2.34. The van der Waals surface area contributed by atoms with Crippen molar-refractivity contribution in [3.05, 3.63) is 22.8 Å². The van der Waals surface area contributed by atoms with E-state index in [-0.39, 0.29) is 11.8 Å². The molecule has 0 amide bonds. The molecule has 0 saturated heterocycles. The van der Waals surface area contributed by atoms with Crippen LogP contribution < -0.4 is 5.32 Å². The zero-order valence-corrected chi connectivity index (χ0v) is 12.5. The minimum atomic E-state index is -0.775. The maximum Gasteiger partial charge on any atom is 0.303 e. The highest BCUT2D eigenvalue weighted by Crippen LogP contribution is 2.39. The van der Waals surface area contributed by atoms with E-state index >= 15 is 0 Å². The fraction of sp³-hybridized carbons (Fsp3) is 0.533. The lowest BCUT2D eigenvalue weighted by Crippen LogP contribution is -2.34. The summed E-state index contributed by atoms with van der Waals surface area (Å²) >= 11 is 6.11. The number of anilines is 1. The average Bonchev–Trinajstić information content (AvgIpc) is 2.46. The van der Waals surface area contributed by atoms with Crippen LogP contribution in [0.15, 0.2) is 12.3 Å². The van der Waals surface area contributed by atoms with Crippen LogP contribution >= 0.6 is 11.6 Å². The Hall–Kier alpha value is -1.80. The van der Waals surface area contributed by atoms with Gasteiger partial charge in [-0.1, -0.05) is 30.9 Å². The number of rotatable bonds is 5. The highest BCUT2D eigenvalue weighted by atomic mass is 35.5. The molecule has 2 rings (SSSR count). The molecular formula is C15H18ClN3O2. The van der Waals surface area contributed by atoms with Crippen molar-refractivity contribution in [3.63, 3.8) is 0 Å². The first-order valence-corrected chi connectivity index (χ1v) is 7.44. The van der Waals surface area contributed by atoms with Gasteiger partial charge in [-0.15, -0.1) is 0 Å². The molecule has 6 heteroatoms. The molecule has 0 spiro atoms. The van der Waals surface area contributed by atoms with Crippen LogP contribution in [-0.2, 0) is 4.79 Å². The summed E-state index contributed by atoms with van der Waals surface area (Å²) in [5.41, 5.74) is 0.114. The van der Waals surface area contributed by atoms with E-state index in [1.54, 1.807) is 6.07 Å². The monoisotopic (exact) mass is 307 g/mol. The van der Waals surface area contributed by atoms with Gasteiger partial charge in [-0.25, -0.2) is 4.98 Å². The number of halogens is 1. The Morgan fingerprint density at radius 1 is 1.48 bits per heavy atom. The molecule has 5 nitrogen and oxygen atoms in total. The Morgan fingerprint density at radius 3 is 2.81 bits per heavy atom. The fourth-order valence-electron chi connectivity index (χ4n) is 2.96. The molecule has 1 aromatic rings. The van der Waals surface area contributed by atoms with E-state index < -0.39 is 5.97 Å². The van der Waals surface area contributed by atoms with Crippen molar-refractivity contribution >= 4 is 23.4 Å². The van der Waals surface area contributed by atoms with Crippen LogP contribution in [0.4, 0.5) is 5.82 Å². The molecule has 0 aliphatic heterocycles. The summed E-state index contributed by atoms with van der Waals surface area (Å²) in [6, 6.07) is 3.57. The van der Waals surface area contributed by atoms with E-state index in [9.17, 15) is 4.79 Å². The van der Waals surface area contributed by atoms with Crippen molar-refractivity contribution in [1.29, 1.82) is 5.26 Å². The second-order valence-corrected chi connectivity index (χ2v) is 6.00. The van der Waals surface area contributed by atoms with Crippen LogP contribution in [-0.4, -0.2) is 22.6 Å². The standard InChI is InChI=1S/C15H18ClN3O2/c16-13-11(9-17)4-7-18-14(13)19-10-15(8-12(20)21)5-2-1-3-6-15/h4,7H,1-3,5-6,8,10H2,(H,18,19)(H,20,21). The van der Waals surface area contributed by atoms with Gasteiger partial charge in [0.05, 0.1) is 12.0 Å². The molecular weight excluding hydrogens is 290 g/mol. The molecule has 112 valence electrons. The number of aliphatic carboxylic acids is 1. The first-order valence-electron chi connectivity index (χ1n) is 7.07. The fourth-order valence-corrected chi connectivity index (χ4v) is 3.18. The van der Waals surface area contributed by atoms with Crippen LogP contribution in [0.3, 0.4) is 0 Å².